The molecule has 1 saturated heterocycles. The van der Waals surface area contributed by atoms with Crippen molar-refractivity contribution in [1.29, 1.82) is 0 Å². The van der Waals surface area contributed by atoms with Crippen molar-refractivity contribution < 1.29 is 24.1 Å². The molecule has 6 heteroatoms. The summed E-state index contributed by atoms with van der Waals surface area (Å²) < 4.78 is 18.1. The van der Waals surface area contributed by atoms with E-state index in [4.69, 9.17) is 9.84 Å². The van der Waals surface area contributed by atoms with Crippen molar-refractivity contribution >= 4 is 6.09 Å². The molecule has 1 aromatic rings. The topological polar surface area (TPSA) is 70.0 Å². The van der Waals surface area contributed by atoms with Crippen LogP contribution in [-0.2, 0) is 0 Å². The predicted molar refractivity (Wildman–Crippen MR) is 61.0 cm³/mol. The molecule has 0 radical (unpaired) electrons. The highest BCUT2D eigenvalue weighted by Crippen LogP contribution is 2.20. The van der Waals surface area contributed by atoms with Crippen molar-refractivity contribution in [2.75, 3.05) is 13.2 Å². The molecule has 1 heterocycles. The van der Waals surface area contributed by atoms with Crippen LogP contribution < -0.4 is 4.74 Å². The normalized spacial score (nSPS) is 23.1. The van der Waals surface area contributed by atoms with Crippen molar-refractivity contribution in [3.05, 3.63) is 30.1 Å². The molecule has 0 unspecified atom stereocenters. The van der Waals surface area contributed by atoms with Gasteiger partial charge in [-0.1, -0.05) is 0 Å². The summed E-state index contributed by atoms with van der Waals surface area (Å²) in [6.45, 7) is 0.252. The molecule has 2 atom stereocenters. The first kappa shape index (κ1) is 12.6. The van der Waals surface area contributed by atoms with Gasteiger partial charge >= 0.3 is 6.09 Å². The monoisotopic (exact) mass is 255 g/mol. The van der Waals surface area contributed by atoms with Crippen LogP contribution in [0.25, 0.3) is 0 Å². The first-order chi connectivity index (χ1) is 8.56. The van der Waals surface area contributed by atoms with E-state index in [1.54, 1.807) is 0 Å². The minimum absolute atomic E-state index is 0.104. The van der Waals surface area contributed by atoms with Crippen molar-refractivity contribution in [3.63, 3.8) is 0 Å². The largest absolute Gasteiger partial charge is 0.491 e. The highest BCUT2D eigenvalue weighted by Gasteiger charge is 2.34. The quantitative estimate of drug-likeness (QED) is 0.854. The zero-order valence-electron chi connectivity index (χ0n) is 9.62. The second kappa shape index (κ2) is 5.22. The van der Waals surface area contributed by atoms with Crippen LogP contribution in [0.2, 0.25) is 0 Å². The number of carbonyl (C=O) groups is 1. The molecule has 5 nitrogen and oxygen atoms in total. The molecule has 1 amide bonds. The van der Waals surface area contributed by atoms with Gasteiger partial charge in [0.15, 0.2) is 0 Å². The zero-order chi connectivity index (χ0) is 13.1. The number of aliphatic hydroxyl groups excluding tert-OH is 1. The minimum atomic E-state index is -1.07. The summed E-state index contributed by atoms with van der Waals surface area (Å²) in [5.74, 6) is 0.119. The second-order valence-electron chi connectivity index (χ2n) is 4.24. The number of hydrogen-bond donors (Lipinski definition) is 2. The van der Waals surface area contributed by atoms with Crippen LogP contribution in [-0.4, -0.2) is 46.5 Å². The number of benzene rings is 1. The fourth-order valence-corrected chi connectivity index (χ4v) is 2.01. The number of nitrogens with zero attached hydrogens (tertiary/aromatic N) is 1. The number of amides is 1. The Morgan fingerprint density at radius 1 is 1.44 bits per heavy atom. The third kappa shape index (κ3) is 2.89. The van der Waals surface area contributed by atoms with Crippen LogP contribution in [0.4, 0.5) is 9.18 Å². The third-order valence-electron chi connectivity index (χ3n) is 2.89. The van der Waals surface area contributed by atoms with Gasteiger partial charge in [0.25, 0.3) is 0 Å². The van der Waals surface area contributed by atoms with Gasteiger partial charge in [-0.25, -0.2) is 9.18 Å². The van der Waals surface area contributed by atoms with Gasteiger partial charge in [0.1, 0.15) is 18.2 Å². The molecule has 1 aromatic carbocycles. The maximum absolute atomic E-state index is 12.7. The highest BCUT2D eigenvalue weighted by molar-refractivity contribution is 5.66. The number of halogens is 1. The van der Waals surface area contributed by atoms with Crippen LogP contribution in [0.15, 0.2) is 24.3 Å². The van der Waals surface area contributed by atoms with Gasteiger partial charge in [0.05, 0.1) is 18.7 Å². The average molecular weight is 255 g/mol. The summed E-state index contributed by atoms with van der Waals surface area (Å²) in [4.78, 5) is 12.1. The van der Waals surface area contributed by atoms with Crippen molar-refractivity contribution in [3.8, 4) is 5.75 Å². The molecule has 0 bridgehead atoms. The molecule has 0 spiro atoms. The van der Waals surface area contributed by atoms with Gasteiger partial charge in [0.2, 0.25) is 0 Å². The lowest BCUT2D eigenvalue weighted by Crippen LogP contribution is -2.38. The smallest absolute Gasteiger partial charge is 0.407 e. The lowest BCUT2D eigenvalue weighted by Gasteiger charge is -2.21. The summed E-state index contributed by atoms with van der Waals surface area (Å²) in [5, 5.41) is 18.4. The van der Waals surface area contributed by atoms with E-state index in [1.165, 1.54) is 24.3 Å². The first-order valence-electron chi connectivity index (χ1n) is 5.62. The lowest BCUT2D eigenvalue weighted by molar-refractivity contribution is 0.119. The Morgan fingerprint density at radius 3 is 2.72 bits per heavy atom. The van der Waals surface area contributed by atoms with Crippen molar-refractivity contribution in [2.24, 2.45) is 0 Å². The Labute approximate surface area is 103 Å². The van der Waals surface area contributed by atoms with E-state index in [2.05, 4.69) is 0 Å². The SMILES string of the molecule is O=C(O)N1C[C@@H](O)C[C@@H]1COc1ccc(F)cc1. The number of ether oxygens (including phenoxy) is 1. The Bertz CT molecular complexity index is 423. The summed E-state index contributed by atoms with van der Waals surface area (Å²) >= 11 is 0. The Hall–Kier alpha value is -1.82. The standard InChI is InChI=1S/C12H14FNO4/c13-8-1-3-11(4-2-8)18-7-9-5-10(15)6-14(9)12(16)17/h1-4,9-10,15H,5-7H2,(H,16,17)/t9-,10+/m1/s1. The number of hydrogen-bond acceptors (Lipinski definition) is 3. The molecule has 0 saturated carbocycles. The van der Waals surface area contributed by atoms with Gasteiger partial charge < -0.3 is 14.9 Å². The van der Waals surface area contributed by atoms with Gasteiger partial charge in [0, 0.05) is 0 Å². The van der Waals surface area contributed by atoms with E-state index < -0.39 is 12.2 Å². The van der Waals surface area contributed by atoms with E-state index in [9.17, 15) is 14.3 Å². The van der Waals surface area contributed by atoms with E-state index in [1.807, 2.05) is 0 Å². The summed E-state index contributed by atoms with van der Waals surface area (Å²) in [5.41, 5.74) is 0. The van der Waals surface area contributed by atoms with Crippen LogP contribution >= 0.6 is 0 Å². The number of carboxylic acid groups (broad SMARTS) is 1. The number of likely N-dealkylation sites (tertiary alicyclic amines) is 1. The molecule has 0 aliphatic carbocycles. The van der Waals surface area contributed by atoms with E-state index >= 15 is 0 Å². The molecule has 1 fully saturated rings. The van der Waals surface area contributed by atoms with Gasteiger partial charge in [-0.3, -0.25) is 4.90 Å². The van der Waals surface area contributed by atoms with Crippen LogP contribution in [0.5, 0.6) is 5.75 Å². The van der Waals surface area contributed by atoms with Gasteiger partial charge in [-0.15, -0.1) is 0 Å². The highest BCUT2D eigenvalue weighted by atomic mass is 19.1. The molecular weight excluding hydrogens is 241 g/mol. The van der Waals surface area contributed by atoms with Crippen molar-refractivity contribution in [2.45, 2.75) is 18.6 Å². The molecule has 2 rings (SSSR count). The number of rotatable bonds is 3. The zero-order valence-corrected chi connectivity index (χ0v) is 9.62. The average Bonchev–Trinajstić information content (AvgIpc) is 2.70. The van der Waals surface area contributed by atoms with E-state index in [0.717, 1.165) is 4.90 Å². The predicted octanol–water partition coefficient (Wildman–Crippen LogP) is 1.32. The molecule has 0 aromatic heterocycles. The first-order valence-corrected chi connectivity index (χ1v) is 5.62. The molecule has 2 N–H and O–H groups in total. The summed E-state index contributed by atoms with van der Waals surface area (Å²) in [6, 6.07) is 5.13. The third-order valence-corrected chi connectivity index (χ3v) is 2.89. The van der Waals surface area contributed by atoms with Crippen LogP contribution in [0.3, 0.4) is 0 Å². The minimum Gasteiger partial charge on any atom is -0.491 e. The fourth-order valence-electron chi connectivity index (χ4n) is 2.01. The molecular formula is C12H14FNO4. The maximum Gasteiger partial charge on any atom is 0.407 e. The Balaban J connectivity index is 1.93. The molecule has 1 aliphatic rings. The van der Waals surface area contributed by atoms with E-state index in [0.29, 0.717) is 12.2 Å². The van der Waals surface area contributed by atoms with Crippen LogP contribution in [0.1, 0.15) is 6.42 Å². The molecule has 1 aliphatic heterocycles. The van der Waals surface area contributed by atoms with Crippen LogP contribution in [0, 0.1) is 5.82 Å². The summed E-state index contributed by atoms with van der Waals surface area (Å²) in [7, 11) is 0. The maximum atomic E-state index is 12.7. The molecule has 18 heavy (non-hydrogen) atoms. The Morgan fingerprint density at radius 2 is 2.11 bits per heavy atom. The van der Waals surface area contributed by atoms with Gasteiger partial charge in [-0.05, 0) is 30.7 Å². The second-order valence-corrected chi connectivity index (χ2v) is 4.24. The van der Waals surface area contributed by atoms with E-state index in [-0.39, 0.29) is 25.0 Å². The fraction of sp³-hybridized carbons (Fsp3) is 0.417. The number of aliphatic hydroxyl groups is 1. The van der Waals surface area contributed by atoms with Crippen molar-refractivity contribution in [1.82, 2.24) is 4.90 Å². The van der Waals surface area contributed by atoms with Gasteiger partial charge in [-0.2, -0.15) is 0 Å². The number of β-amino-alcohol motifs (C(OH)–C–C–N with tert-alkyl or cyclic N) is 1. The molecule has 98 valence electrons. The summed E-state index contributed by atoms with van der Waals surface area (Å²) in [6.07, 6.45) is -1.37. The Kier molecular flexibility index (Phi) is 3.66. The lowest BCUT2D eigenvalue weighted by atomic mass is 10.2.